The number of phenolic OH excluding ortho intramolecular Hbond substituents is 1. The lowest BCUT2D eigenvalue weighted by Gasteiger charge is -2.13. The summed E-state index contributed by atoms with van der Waals surface area (Å²) < 4.78 is 36.8. The van der Waals surface area contributed by atoms with Crippen LogP contribution in [0.2, 0.25) is 0 Å². The van der Waals surface area contributed by atoms with Crippen LogP contribution in [0.1, 0.15) is 5.56 Å². The Kier molecular flexibility index (Phi) is 4.47. The standard InChI is InChI=1S/C15H15F2NO3/c1-20-10-3-4-13(14(7-10)21-2)18-8-9-5-11(16)15(19)12(17)6-9/h3-7,18-19H,8H2,1-2H3. The molecule has 6 heteroatoms. The molecule has 0 aliphatic rings. The van der Waals surface area contributed by atoms with Gasteiger partial charge in [0.15, 0.2) is 17.4 Å². The molecular weight excluding hydrogens is 280 g/mol. The fourth-order valence-corrected chi connectivity index (χ4v) is 1.86. The molecule has 2 rings (SSSR count). The van der Waals surface area contributed by atoms with Crippen LogP contribution in [0.5, 0.6) is 17.2 Å². The van der Waals surface area contributed by atoms with Gasteiger partial charge in [-0.1, -0.05) is 0 Å². The summed E-state index contributed by atoms with van der Waals surface area (Å²) in [6.45, 7) is 0.177. The number of phenols is 1. The maximum Gasteiger partial charge on any atom is 0.187 e. The number of hydrogen-bond donors (Lipinski definition) is 2. The molecule has 4 nitrogen and oxygen atoms in total. The fraction of sp³-hybridized carbons (Fsp3) is 0.200. The molecule has 0 aliphatic carbocycles. The van der Waals surface area contributed by atoms with E-state index < -0.39 is 17.4 Å². The zero-order chi connectivity index (χ0) is 15.4. The lowest BCUT2D eigenvalue weighted by Crippen LogP contribution is -2.02. The number of rotatable bonds is 5. The molecule has 0 heterocycles. The van der Waals surface area contributed by atoms with Gasteiger partial charge in [0.2, 0.25) is 0 Å². The number of nitrogens with one attached hydrogen (secondary N) is 1. The Morgan fingerprint density at radius 1 is 1.05 bits per heavy atom. The number of ether oxygens (including phenoxy) is 2. The predicted molar refractivity (Wildman–Crippen MR) is 74.9 cm³/mol. The summed E-state index contributed by atoms with van der Waals surface area (Å²) in [5.74, 6) is -1.77. The van der Waals surface area contributed by atoms with Gasteiger partial charge in [-0.2, -0.15) is 0 Å². The molecule has 21 heavy (non-hydrogen) atoms. The Morgan fingerprint density at radius 2 is 1.71 bits per heavy atom. The molecule has 112 valence electrons. The van der Waals surface area contributed by atoms with Crippen LogP contribution in [0.25, 0.3) is 0 Å². The van der Waals surface area contributed by atoms with Crippen molar-refractivity contribution in [2.75, 3.05) is 19.5 Å². The van der Waals surface area contributed by atoms with Gasteiger partial charge < -0.3 is 19.9 Å². The quantitative estimate of drug-likeness (QED) is 0.888. The molecule has 0 saturated heterocycles. The number of benzene rings is 2. The number of hydrogen-bond acceptors (Lipinski definition) is 4. The van der Waals surface area contributed by atoms with Crippen molar-refractivity contribution in [2.45, 2.75) is 6.54 Å². The maximum atomic E-state index is 13.3. The Balaban J connectivity index is 2.16. The van der Waals surface area contributed by atoms with Crippen LogP contribution in [0, 0.1) is 11.6 Å². The Morgan fingerprint density at radius 3 is 2.29 bits per heavy atom. The molecule has 0 fully saturated rings. The van der Waals surface area contributed by atoms with E-state index in [2.05, 4.69) is 5.32 Å². The third-order valence-corrected chi connectivity index (χ3v) is 2.97. The number of aromatic hydroxyl groups is 1. The topological polar surface area (TPSA) is 50.7 Å². The minimum atomic E-state index is -0.992. The van der Waals surface area contributed by atoms with Crippen LogP contribution in [0.15, 0.2) is 30.3 Å². The first-order valence-corrected chi connectivity index (χ1v) is 6.18. The van der Waals surface area contributed by atoms with E-state index in [9.17, 15) is 8.78 Å². The highest BCUT2D eigenvalue weighted by molar-refractivity contribution is 5.59. The molecule has 0 bridgehead atoms. The summed E-state index contributed by atoms with van der Waals surface area (Å²) in [4.78, 5) is 0. The Bertz CT molecular complexity index is 624. The first-order chi connectivity index (χ1) is 10.0. The van der Waals surface area contributed by atoms with Crippen LogP contribution in [-0.4, -0.2) is 19.3 Å². The van der Waals surface area contributed by atoms with Crippen molar-refractivity contribution in [3.63, 3.8) is 0 Å². The third kappa shape index (κ3) is 3.34. The second-order valence-electron chi connectivity index (χ2n) is 4.33. The van der Waals surface area contributed by atoms with Crippen LogP contribution in [0.3, 0.4) is 0 Å². The summed E-state index contributed by atoms with van der Waals surface area (Å²) in [5, 5.41) is 12.1. The van der Waals surface area contributed by atoms with Gasteiger partial charge >= 0.3 is 0 Å². The molecule has 0 amide bonds. The lowest BCUT2D eigenvalue weighted by atomic mass is 10.2. The zero-order valence-corrected chi connectivity index (χ0v) is 11.6. The van der Waals surface area contributed by atoms with Crippen molar-refractivity contribution >= 4 is 5.69 Å². The minimum absolute atomic E-state index is 0.177. The maximum absolute atomic E-state index is 13.3. The van der Waals surface area contributed by atoms with E-state index in [1.165, 1.54) is 7.11 Å². The van der Waals surface area contributed by atoms with E-state index in [4.69, 9.17) is 14.6 Å². The molecule has 0 aromatic heterocycles. The largest absolute Gasteiger partial charge is 0.503 e. The average molecular weight is 295 g/mol. The molecule has 2 aromatic carbocycles. The van der Waals surface area contributed by atoms with Crippen molar-refractivity contribution in [1.82, 2.24) is 0 Å². The summed E-state index contributed by atoms with van der Waals surface area (Å²) in [5.41, 5.74) is 1.02. The number of methoxy groups -OCH3 is 2. The molecule has 0 saturated carbocycles. The molecular formula is C15H15F2NO3. The predicted octanol–water partition coefficient (Wildman–Crippen LogP) is 3.30. The van der Waals surface area contributed by atoms with Crippen LogP contribution >= 0.6 is 0 Å². The highest BCUT2D eigenvalue weighted by Gasteiger charge is 2.10. The molecule has 0 aliphatic heterocycles. The van der Waals surface area contributed by atoms with E-state index in [0.29, 0.717) is 22.7 Å². The van der Waals surface area contributed by atoms with Gasteiger partial charge in [0.25, 0.3) is 0 Å². The normalized spacial score (nSPS) is 10.3. The third-order valence-electron chi connectivity index (χ3n) is 2.97. The van der Waals surface area contributed by atoms with E-state index in [1.807, 2.05) is 0 Å². The molecule has 2 aromatic rings. The fourth-order valence-electron chi connectivity index (χ4n) is 1.86. The summed E-state index contributed by atoms with van der Waals surface area (Å²) in [6.07, 6.45) is 0. The Labute approximate surface area is 120 Å². The van der Waals surface area contributed by atoms with E-state index >= 15 is 0 Å². The minimum Gasteiger partial charge on any atom is -0.503 e. The average Bonchev–Trinajstić information content (AvgIpc) is 2.50. The van der Waals surface area contributed by atoms with E-state index in [0.717, 1.165) is 12.1 Å². The van der Waals surface area contributed by atoms with Gasteiger partial charge in [-0.3, -0.25) is 0 Å². The van der Waals surface area contributed by atoms with E-state index in [1.54, 1.807) is 25.3 Å². The molecule has 0 spiro atoms. The summed E-state index contributed by atoms with van der Waals surface area (Å²) in [6, 6.07) is 7.32. The second-order valence-corrected chi connectivity index (χ2v) is 4.33. The lowest BCUT2D eigenvalue weighted by molar-refractivity contribution is 0.394. The van der Waals surface area contributed by atoms with Gasteiger partial charge in [0.1, 0.15) is 11.5 Å². The van der Waals surface area contributed by atoms with Crippen molar-refractivity contribution in [3.8, 4) is 17.2 Å². The molecule has 0 unspecified atom stereocenters. The van der Waals surface area contributed by atoms with Gasteiger partial charge in [0, 0.05) is 12.6 Å². The van der Waals surface area contributed by atoms with Crippen LogP contribution < -0.4 is 14.8 Å². The molecule has 0 atom stereocenters. The van der Waals surface area contributed by atoms with Crippen molar-refractivity contribution in [2.24, 2.45) is 0 Å². The SMILES string of the molecule is COc1ccc(NCc2cc(F)c(O)c(F)c2)c(OC)c1. The summed E-state index contributed by atoms with van der Waals surface area (Å²) >= 11 is 0. The zero-order valence-electron chi connectivity index (χ0n) is 11.6. The van der Waals surface area contributed by atoms with Gasteiger partial charge in [-0.05, 0) is 29.8 Å². The monoisotopic (exact) mass is 295 g/mol. The second kappa shape index (κ2) is 6.30. The van der Waals surface area contributed by atoms with E-state index in [-0.39, 0.29) is 6.54 Å². The smallest absolute Gasteiger partial charge is 0.187 e. The van der Waals surface area contributed by atoms with Crippen molar-refractivity contribution < 1.29 is 23.4 Å². The summed E-state index contributed by atoms with van der Waals surface area (Å²) in [7, 11) is 3.06. The highest BCUT2D eigenvalue weighted by atomic mass is 19.1. The van der Waals surface area contributed by atoms with Gasteiger partial charge in [-0.25, -0.2) is 8.78 Å². The number of anilines is 1. The molecule has 0 radical (unpaired) electrons. The Hall–Kier alpha value is -2.50. The highest BCUT2D eigenvalue weighted by Crippen LogP contribution is 2.30. The van der Waals surface area contributed by atoms with Crippen molar-refractivity contribution in [3.05, 3.63) is 47.5 Å². The van der Waals surface area contributed by atoms with Crippen LogP contribution in [0.4, 0.5) is 14.5 Å². The van der Waals surface area contributed by atoms with Gasteiger partial charge in [-0.15, -0.1) is 0 Å². The van der Waals surface area contributed by atoms with Crippen molar-refractivity contribution in [1.29, 1.82) is 0 Å². The van der Waals surface area contributed by atoms with Crippen LogP contribution in [-0.2, 0) is 6.54 Å². The van der Waals surface area contributed by atoms with Gasteiger partial charge in [0.05, 0.1) is 19.9 Å². The first-order valence-electron chi connectivity index (χ1n) is 6.18. The number of halogens is 2. The first kappa shape index (κ1) is 14.9. The molecule has 2 N–H and O–H groups in total.